The van der Waals surface area contributed by atoms with Gasteiger partial charge in [-0.3, -0.25) is 0 Å². The van der Waals surface area contributed by atoms with Gasteiger partial charge in [-0.1, -0.05) is 43.9 Å². The Labute approximate surface area is 105 Å². The zero-order valence-corrected chi connectivity index (χ0v) is 10.6. The molecule has 0 radical (unpaired) electrons. The van der Waals surface area contributed by atoms with E-state index in [0.717, 1.165) is 18.4 Å². The molecule has 1 heterocycles. The van der Waals surface area contributed by atoms with Crippen molar-refractivity contribution in [2.75, 3.05) is 11.9 Å². The Morgan fingerprint density at radius 3 is 2.47 bits per heavy atom. The van der Waals surface area contributed by atoms with E-state index >= 15 is 0 Å². The molecule has 1 aromatic rings. The van der Waals surface area contributed by atoms with E-state index in [1.54, 1.807) is 5.56 Å². The van der Waals surface area contributed by atoms with Gasteiger partial charge in [0, 0.05) is 12.2 Å². The van der Waals surface area contributed by atoms with Gasteiger partial charge in [0.2, 0.25) is 0 Å². The minimum absolute atomic E-state index is 0.825. The third-order valence-electron chi connectivity index (χ3n) is 4.60. The highest BCUT2D eigenvalue weighted by Crippen LogP contribution is 2.41. The van der Waals surface area contributed by atoms with Crippen LogP contribution < -0.4 is 5.32 Å². The SMILES string of the molecule is c1ccc2c(c1)NCCC2C1CCCCCC1. The summed E-state index contributed by atoms with van der Waals surface area (Å²) in [6.45, 7) is 1.16. The average molecular weight is 229 g/mol. The molecular weight excluding hydrogens is 206 g/mol. The minimum Gasteiger partial charge on any atom is -0.385 e. The van der Waals surface area contributed by atoms with Crippen molar-refractivity contribution >= 4 is 5.69 Å². The quantitative estimate of drug-likeness (QED) is 0.696. The molecule has 0 aromatic heterocycles. The molecule has 1 saturated carbocycles. The molecule has 1 aliphatic heterocycles. The highest BCUT2D eigenvalue weighted by atomic mass is 14.9. The standard InChI is InChI=1S/C16H23N/c1-2-4-8-13(7-3-1)14-11-12-17-16-10-6-5-9-15(14)16/h5-6,9-10,13-14,17H,1-4,7-8,11-12H2. The van der Waals surface area contributed by atoms with Crippen molar-refractivity contribution in [1.29, 1.82) is 0 Å². The molecule has 1 aliphatic carbocycles. The molecule has 17 heavy (non-hydrogen) atoms. The van der Waals surface area contributed by atoms with E-state index in [1.165, 1.54) is 50.6 Å². The zero-order valence-electron chi connectivity index (χ0n) is 10.6. The first kappa shape index (κ1) is 11.1. The van der Waals surface area contributed by atoms with Crippen LogP contribution in [-0.2, 0) is 0 Å². The molecule has 1 fully saturated rings. The Morgan fingerprint density at radius 2 is 1.65 bits per heavy atom. The van der Waals surface area contributed by atoms with Gasteiger partial charge in [0.25, 0.3) is 0 Å². The van der Waals surface area contributed by atoms with Crippen molar-refractivity contribution in [2.24, 2.45) is 5.92 Å². The third kappa shape index (κ3) is 2.34. The van der Waals surface area contributed by atoms with Crippen molar-refractivity contribution in [2.45, 2.75) is 50.9 Å². The molecule has 1 nitrogen and oxygen atoms in total. The maximum atomic E-state index is 3.55. The minimum atomic E-state index is 0.825. The van der Waals surface area contributed by atoms with Crippen LogP contribution in [0.25, 0.3) is 0 Å². The summed E-state index contributed by atoms with van der Waals surface area (Å²) in [5, 5.41) is 3.55. The Morgan fingerprint density at radius 1 is 0.882 bits per heavy atom. The van der Waals surface area contributed by atoms with Crippen LogP contribution in [0.4, 0.5) is 5.69 Å². The van der Waals surface area contributed by atoms with Crippen molar-refractivity contribution in [3.8, 4) is 0 Å². The van der Waals surface area contributed by atoms with Crippen LogP contribution in [0.15, 0.2) is 24.3 Å². The van der Waals surface area contributed by atoms with Crippen molar-refractivity contribution < 1.29 is 0 Å². The third-order valence-corrected chi connectivity index (χ3v) is 4.60. The van der Waals surface area contributed by atoms with Gasteiger partial charge in [0.05, 0.1) is 0 Å². The van der Waals surface area contributed by atoms with Gasteiger partial charge < -0.3 is 5.32 Å². The summed E-state index contributed by atoms with van der Waals surface area (Å²) in [7, 11) is 0. The van der Waals surface area contributed by atoms with Crippen LogP contribution in [0.1, 0.15) is 56.4 Å². The van der Waals surface area contributed by atoms with Crippen molar-refractivity contribution in [1.82, 2.24) is 0 Å². The predicted octanol–water partition coefficient (Wildman–Crippen LogP) is 4.56. The molecule has 0 bridgehead atoms. The summed E-state index contributed by atoms with van der Waals surface area (Å²) < 4.78 is 0. The summed E-state index contributed by atoms with van der Waals surface area (Å²) in [4.78, 5) is 0. The highest BCUT2D eigenvalue weighted by molar-refractivity contribution is 5.54. The highest BCUT2D eigenvalue weighted by Gasteiger charge is 2.27. The largest absolute Gasteiger partial charge is 0.385 e. The monoisotopic (exact) mass is 229 g/mol. The van der Waals surface area contributed by atoms with Gasteiger partial charge in [-0.25, -0.2) is 0 Å². The predicted molar refractivity (Wildman–Crippen MR) is 73.5 cm³/mol. The van der Waals surface area contributed by atoms with Crippen molar-refractivity contribution in [3.63, 3.8) is 0 Å². The second-order valence-corrected chi connectivity index (χ2v) is 5.66. The van der Waals surface area contributed by atoms with Gasteiger partial charge in [0.15, 0.2) is 0 Å². The lowest BCUT2D eigenvalue weighted by Crippen LogP contribution is -2.22. The lowest BCUT2D eigenvalue weighted by molar-refractivity contribution is 0.360. The number of hydrogen-bond donors (Lipinski definition) is 1. The van der Waals surface area contributed by atoms with Crippen LogP contribution in [0.3, 0.4) is 0 Å². The lowest BCUT2D eigenvalue weighted by Gasteiger charge is -2.32. The normalized spacial score (nSPS) is 25.8. The van der Waals surface area contributed by atoms with E-state index in [1.807, 2.05) is 0 Å². The molecule has 92 valence electrons. The van der Waals surface area contributed by atoms with Crippen LogP contribution in [0.2, 0.25) is 0 Å². The van der Waals surface area contributed by atoms with Gasteiger partial charge in [0.1, 0.15) is 0 Å². The molecule has 1 unspecified atom stereocenters. The summed E-state index contributed by atoms with van der Waals surface area (Å²) in [6.07, 6.45) is 10.1. The number of anilines is 1. The Kier molecular flexibility index (Phi) is 3.35. The molecule has 0 saturated heterocycles. The molecule has 1 N–H and O–H groups in total. The summed E-state index contributed by atoms with van der Waals surface area (Å²) in [6, 6.07) is 8.95. The first-order valence-electron chi connectivity index (χ1n) is 7.28. The summed E-state index contributed by atoms with van der Waals surface area (Å²) >= 11 is 0. The van der Waals surface area contributed by atoms with Crippen LogP contribution in [0, 0.1) is 5.92 Å². The Hall–Kier alpha value is -0.980. The number of para-hydroxylation sites is 1. The molecule has 1 aromatic carbocycles. The summed E-state index contributed by atoms with van der Waals surface area (Å²) in [5.74, 6) is 1.77. The number of benzene rings is 1. The molecule has 1 heteroatoms. The Bertz CT molecular complexity index is 364. The lowest BCUT2D eigenvalue weighted by atomic mass is 9.77. The van der Waals surface area contributed by atoms with Crippen LogP contribution in [-0.4, -0.2) is 6.54 Å². The molecule has 0 amide bonds. The fraction of sp³-hybridized carbons (Fsp3) is 0.625. The molecular formula is C16H23N. The fourth-order valence-electron chi connectivity index (χ4n) is 3.70. The maximum absolute atomic E-state index is 3.55. The van der Waals surface area contributed by atoms with Gasteiger partial charge >= 0.3 is 0 Å². The smallest absolute Gasteiger partial charge is 0.0375 e. The number of rotatable bonds is 1. The van der Waals surface area contributed by atoms with E-state index in [0.29, 0.717) is 0 Å². The van der Waals surface area contributed by atoms with Crippen molar-refractivity contribution in [3.05, 3.63) is 29.8 Å². The molecule has 3 rings (SSSR count). The van der Waals surface area contributed by atoms with Gasteiger partial charge in [-0.2, -0.15) is 0 Å². The molecule has 1 atom stereocenters. The van der Waals surface area contributed by atoms with E-state index in [4.69, 9.17) is 0 Å². The van der Waals surface area contributed by atoms with E-state index < -0.39 is 0 Å². The summed E-state index contributed by atoms with van der Waals surface area (Å²) in [5.41, 5.74) is 2.98. The van der Waals surface area contributed by atoms with Crippen LogP contribution >= 0.6 is 0 Å². The van der Waals surface area contributed by atoms with E-state index in [-0.39, 0.29) is 0 Å². The topological polar surface area (TPSA) is 12.0 Å². The number of nitrogens with one attached hydrogen (secondary N) is 1. The van der Waals surface area contributed by atoms with E-state index in [9.17, 15) is 0 Å². The first-order valence-corrected chi connectivity index (χ1v) is 7.28. The van der Waals surface area contributed by atoms with Gasteiger partial charge in [-0.15, -0.1) is 0 Å². The zero-order chi connectivity index (χ0) is 11.5. The van der Waals surface area contributed by atoms with E-state index in [2.05, 4.69) is 29.6 Å². The molecule has 2 aliphatic rings. The second kappa shape index (κ2) is 5.12. The Balaban J connectivity index is 1.83. The number of fused-ring (bicyclic) bond motifs is 1. The van der Waals surface area contributed by atoms with Gasteiger partial charge in [-0.05, 0) is 42.7 Å². The second-order valence-electron chi connectivity index (χ2n) is 5.66. The molecule has 0 spiro atoms. The average Bonchev–Trinajstić information content (AvgIpc) is 2.67. The maximum Gasteiger partial charge on any atom is 0.0375 e. The van der Waals surface area contributed by atoms with Crippen LogP contribution in [0.5, 0.6) is 0 Å². The first-order chi connectivity index (χ1) is 8.45. The number of hydrogen-bond acceptors (Lipinski definition) is 1. The fourth-order valence-corrected chi connectivity index (χ4v) is 3.70.